The smallest absolute Gasteiger partial charge is 0.224 e. The number of carbonyl (C=O) groups excluding carboxylic acids is 1. The van der Waals surface area contributed by atoms with Gasteiger partial charge in [0.1, 0.15) is 17.8 Å². The van der Waals surface area contributed by atoms with Crippen molar-refractivity contribution in [3.63, 3.8) is 0 Å². The summed E-state index contributed by atoms with van der Waals surface area (Å²) in [6.45, 7) is 3.25. The molecule has 3 N–H and O–H groups in total. The lowest BCUT2D eigenvalue weighted by Gasteiger charge is -2.39. The number of H-pyrrole nitrogens is 1. The van der Waals surface area contributed by atoms with E-state index in [1.807, 2.05) is 25.3 Å². The minimum Gasteiger partial charge on any atom is -0.394 e. The second-order valence-corrected chi connectivity index (χ2v) is 8.99. The zero-order valence-electron chi connectivity index (χ0n) is 18.0. The number of aliphatic hydroxyl groups excluding tert-OH is 1. The number of nitrogens with zero attached hydrogens (tertiary/aromatic N) is 4. The van der Waals surface area contributed by atoms with Crippen LogP contribution >= 0.6 is 0 Å². The van der Waals surface area contributed by atoms with Crippen molar-refractivity contribution in [3.05, 3.63) is 53.5 Å². The number of fused-ring (bicyclic) bond motifs is 1. The number of nitriles is 1. The molecule has 5 rings (SSSR count). The van der Waals surface area contributed by atoms with Gasteiger partial charge in [0.15, 0.2) is 0 Å². The summed E-state index contributed by atoms with van der Waals surface area (Å²) >= 11 is 0. The number of benzene rings is 1. The number of piperidine rings is 1. The molecule has 2 fully saturated rings. The molecule has 8 heteroatoms. The Balaban J connectivity index is 1.32. The Labute approximate surface area is 186 Å². The number of nitrogens with one attached hydrogen (secondary N) is 2. The van der Waals surface area contributed by atoms with Crippen LogP contribution in [0.5, 0.6) is 0 Å². The first kappa shape index (κ1) is 20.5. The number of hydrogen-bond donors (Lipinski definition) is 3. The van der Waals surface area contributed by atoms with E-state index in [0.29, 0.717) is 5.56 Å². The van der Waals surface area contributed by atoms with Gasteiger partial charge >= 0.3 is 0 Å². The van der Waals surface area contributed by atoms with Gasteiger partial charge in [0.2, 0.25) is 5.91 Å². The summed E-state index contributed by atoms with van der Waals surface area (Å²) in [5.74, 6) is 0.831. The Morgan fingerprint density at radius 2 is 2.25 bits per heavy atom. The molecule has 1 saturated heterocycles. The number of aryl methyl sites for hydroxylation is 1. The quantitative estimate of drug-likeness (QED) is 0.573. The number of amides is 1. The summed E-state index contributed by atoms with van der Waals surface area (Å²) in [7, 11) is 0. The second-order valence-electron chi connectivity index (χ2n) is 8.99. The van der Waals surface area contributed by atoms with E-state index >= 15 is 0 Å². The summed E-state index contributed by atoms with van der Waals surface area (Å²) < 4.78 is 0. The molecule has 164 valence electrons. The van der Waals surface area contributed by atoms with Gasteiger partial charge in [-0.05, 0) is 60.9 Å². The number of aromatic amines is 1. The molecule has 0 bridgehead atoms. The van der Waals surface area contributed by atoms with Crippen LogP contribution in [0.2, 0.25) is 0 Å². The number of anilines is 1. The third-order valence-electron chi connectivity index (χ3n) is 7.05. The molecule has 3 heterocycles. The topological polar surface area (TPSA) is 118 Å². The van der Waals surface area contributed by atoms with Crippen molar-refractivity contribution < 1.29 is 9.90 Å². The third-order valence-corrected chi connectivity index (χ3v) is 7.05. The van der Waals surface area contributed by atoms with Crippen molar-refractivity contribution in [3.8, 4) is 6.07 Å². The lowest BCUT2D eigenvalue weighted by Crippen LogP contribution is -2.49. The van der Waals surface area contributed by atoms with Crippen LogP contribution in [0.4, 0.5) is 5.82 Å². The Hall–Kier alpha value is -3.44. The molecular weight excluding hydrogens is 404 g/mol. The summed E-state index contributed by atoms with van der Waals surface area (Å²) in [4.78, 5) is 27.5. The highest BCUT2D eigenvalue weighted by atomic mass is 16.3. The molecule has 1 unspecified atom stereocenters. The first-order valence-electron chi connectivity index (χ1n) is 11.0. The summed E-state index contributed by atoms with van der Waals surface area (Å²) in [5.41, 5.74) is 3.08. The fraction of sp³-hybridized carbons (Fsp3) is 0.417. The van der Waals surface area contributed by atoms with Crippen molar-refractivity contribution in [1.82, 2.24) is 20.3 Å². The predicted octanol–water partition coefficient (Wildman–Crippen LogP) is 2.59. The molecule has 1 aromatic carbocycles. The normalized spacial score (nSPS) is 20.2. The van der Waals surface area contributed by atoms with Gasteiger partial charge in [-0.2, -0.15) is 5.26 Å². The van der Waals surface area contributed by atoms with Crippen molar-refractivity contribution in [2.75, 3.05) is 24.6 Å². The van der Waals surface area contributed by atoms with Crippen LogP contribution in [-0.2, 0) is 4.79 Å². The van der Waals surface area contributed by atoms with Gasteiger partial charge in [0, 0.05) is 25.2 Å². The van der Waals surface area contributed by atoms with Crippen LogP contribution in [0.1, 0.15) is 42.0 Å². The van der Waals surface area contributed by atoms with Gasteiger partial charge in [-0.1, -0.05) is 6.07 Å². The molecule has 1 aliphatic heterocycles. The van der Waals surface area contributed by atoms with Crippen LogP contribution in [-0.4, -0.2) is 45.7 Å². The lowest BCUT2D eigenvalue weighted by atomic mass is 9.81. The van der Waals surface area contributed by atoms with Crippen LogP contribution in [0, 0.1) is 29.6 Å². The SMILES string of the molecule is Cc1cc(C#N)ccc1C(CO)NC(=O)[C@H]1CCN(c2ncnc3[nH]ccc23)CC12CC2. The average molecular weight is 431 g/mol. The first-order chi connectivity index (χ1) is 15.5. The van der Waals surface area contributed by atoms with Crippen LogP contribution in [0.25, 0.3) is 11.0 Å². The molecule has 1 saturated carbocycles. The molecule has 1 amide bonds. The number of hydrogen-bond acceptors (Lipinski definition) is 6. The second kappa shape index (κ2) is 7.92. The van der Waals surface area contributed by atoms with E-state index in [1.165, 1.54) is 0 Å². The minimum atomic E-state index is -0.481. The third kappa shape index (κ3) is 3.49. The van der Waals surface area contributed by atoms with Crippen molar-refractivity contribution in [1.29, 1.82) is 5.26 Å². The van der Waals surface area contributed by atoms with Gasteiger partial charge in [-0.15, -0.1) is 0 Å². The van der Waals surface area contributed by atoms with E-state index < -0.39 is 6.04 Å². The Bertz CT molecular complexity index is 1210. The lowest BCUT2D eigenvalue weighted by molar-refractivity contribution is -0.129. The summed E-state index contributed by atoms with van der Waals surface area (Å²) in [6.07, 6.45) is 6.23. The highest BCUT2D eigenvalue weighted by molar-refractivity contribution is 5.88. The van der Waals surface area contributed by atoms with E-state index in [2.05, 4.69) is 31.2 Å². The van der Waals surface area contributed by atoms with Crippen molar-refractivity contribution >= 4 is 22.8 Å². The average Bonchev–Trinajstić information content (AvgIpc) is 3.38. The Kier molecular flexibility index (Phi) is 5.06. The summed E-state index contributed by atoms with van der Waals surface area (Å²) in [5, 5.41) is 23.2. The zero-order valence-corrected chi connectivity index (χ0v) is 18.0. The van der Waals surface area contributed by atoms with Gasteiger partial charge in [-0.25, -0.2) is 9.97 Å². The molecule has 32 heavy (non-hydrogen) atoms. The van der Waals surface area contributed by atoms with Crippen LogP contribution in [0.15, 0.2) is 36.8 Å². The molecule has 1 aliphatic carbocycles. The maximum absolute atomic E-state index is 13.3. The number of carbonyl (C=O) groups is 1. The monoisotopic (exact) mass is 430 g/mol. The summed E-state index contributed by atoms with van der Waals surface area (Å²) in [6, 6.07) is 8.97. The maximum Gasteiger partial charge on any atom is 0.224 e. The van der Waals surface area contributed by atoms with E-state index in [1.54, 1.807) is 18.5 Å². The van der Waals surface area contributed by atoms with Crippen molar-refractivity contribution in [2.24, 2.45) is 11.3 Å². The Morgan fingerprint density at radius 1 is 1.41 bits per heavy atom. The van der Waals surface area contributed by atoms with E-state index in [0.717, 1.165) is 60.3 Å². The molecule has 3 aromatic rings. The molecule has 1 spiro atoms. The fourth-order valence-electron chi connectivity index (χ4n) is 5.16. The largest absolute Gasteiger partial charge is 0.394 e. The van der Waals surface area contributed by atoms with Crippen LogP contribution < -0.4 is 10.2 Å². The standard InChI is InChI=1S/C24H26N6O2/c1-15-10-16(11-25)2-3-17(15)20(12-31)29-23(32)19-5-9-30(13-24(19)6-7-24)22-18-4-8-26-21(18)27-14-28-22/h2-4,8,10,14,19-20,31H,5-7,9,12-13H2,1H3,(H,29,32)(H,26,27,28)/t19-,20?/m1/s1. The minimum absolute atomic E-state index is 0.000520. The molecule has 0 radical (unpaired) electrons. The highest BCUT2D eigenvalue weighted by Crippen LogP contribution is 2.56. The zero-order chi connectivity index (χ0) is 22.3. The van der Waals surface area contributed by atoms with Gasteiger partial charge < -0.3 is 20.3 Å². The molecule has 2 aromatic heterocycles. The molecule has 2 aliphatic rings. The Morgan fingerprint density at radius 3 is 2.97 bits per heavy atom. The molecule has 2 atom stereocenters. The molecular formula is C24H26N6O2. The highest BCUT2D eigenvalue weighted by Gasteiger charge is 2.55. The fourth-order valence-corrected chi connectivity index (χ4v) is 5.16. The van der Waals surface area contributed by atoms with Crippen LogP contribution in [0.3, 0.4) is 0 Å². The van der Waals surface area contributed by atoms with Gasteiger partial charge in [0.25, 0.3) is 0 Å². The first-order valence-corrected chi connectivity index (χ1v) is 11.0. The maximum atomic E-state index is 13.3. The number of aromatic nitrogens is 3. The van der Waals surface area contributed by atoms with Gasteiger partial charge in [-0.3, -0.25) is 4.79 Å². The predicted molar refractivity (Wildman–Crippen MR) is 120 cm³/mol. The van der Waals surface area contributed by atoms with E-state index in [9.17, 15) is 9.90 Å². The van der Waals surface area contributed by atoms with E-state index in [4.69, 9.17) is 5.26 Å². The number of aliphatic hydroxyl groups is 1. The van der Waals surface area contributed by atoms with E-state index in [-0.39, 0.29) is 23.8 Å². The van der Waals surface area contributed by atoms with Gasteiger partial charge in [0.05, 0.1) is 29.7 Å². The molecule has 8 nitrogen and oxygen atoms in total. The number of rotatable bonds is 5. The van der Waals surface area contributed by atoms with Crippen molar-refractivity contribution in [2.45, 2.75) is 32.2 Å².